The van der Waals surface area contributed by atoms with Gasteiger partial charge in [-0.1, -0.05) is 18.2 Å². The van der Waals surface area contributed by atoms with Crippen molar-refractivity contribution in [1.82, 2.24) is 0 Å². The second-order valence-corrected chi connectivity index (χ2v) is 5.08. The zero-order chi connectivity index (χ0) is 14.2. The molecule has 0 aliphatic carbocycles. The van der Waals surface area contributed by atoms with E-state index in [0.29, 0.717) is 25.7 Å². The first-order chi connectivity index (χ1) is 9.81. The van der Waals surface area contributed by atoms with Crippen molar-refractivity contribution in [2.24, 2.45) is 5.92 Å². The molecule has 1 N–H and O–H groups in total. The Kier molecular flexibility index (Phi) is 6.30. The summed E-state index contributed by atoms with van der Waals surface area (Å²) in [6.07, 6.45) is 1.45. The van der Waals surface area contributed by atoms with Gasteiger partial charge in [0.05, 0.1) is 13.2 Å². The fraction of sp³-hybridized carbons (Fsp3) is 0.625. The third-order valence-electron chi connectivity index (χ3n) is 3.55. The number of hydrogen-bond donors (Lipinski definition) is 1. The summed E-state index contributed by atoms with van der Waals surface area (Å²) < 4.78 is 16.5. The van der Waals surface area contributed by atoms with E-state index in [9.17, 15) is 5.11 Å². The van der Waals surface area contributed by atoms with Crippen LogP contribution < -0.4 is 4.74 Å². The minimum absolute atomic E-state index is 0.307. The van der Waals surface area contributed by atoms with Gasteiger partial charge in [-0.2, -0.15) is 0 Å². The lowest BCUT2D eigenvalue weighted by molar-refractivity contribution is -0.0102. The van der Waals surface area contributed by atoms with Crippen molar-refractivity contribution in [2.75, 3.05) is 33.0 Å². The molecule has 1 atom stereocenters. The van der Waals surface area contributed by atoms with Crippen LogP contribution in [0.3, 0.4) is 0 Å². The molecule has 1 saturated heterocycles. The van der Waals surface area contributed by atoms with Gasteiger partial charge < -0.3 is 19.3 Å². The Bertz CT molecular complexity index is 388. The Balaban J connectivity index is 1.80. The first-order valence-electron chi connectivity index (χ1n) is 7.36. The minimum atomic E-state index is -0.641. The van der Waals surface area contributed by atoms with E-state index in [-0.39, 0.29) is 0 Å². The number of hydrogen-bond acceptors (Lipinski definition) is 4. The summed E-state index contributed by atoms with van der Waals surface area (Å²) in [5.74, 6) is 1.29. The molecule has 20 heavy (non-hydrogen) atoms. The zero-order valence-electron chi connectivity index (χ0n) is 12.1. The quantitative estimate of drug-likeness (QED) is 0.834. The fourth-order valence-corrected chi connectivity index (χ4v) is 2.39. The molecule has 0 amide bonds. The summed E-state index contributed by atoms with van der Waals surface area (Å²) in [5.41, 5.74) is 0.793. The van der Waals surface area contributed by atoms with Gasteiger partial charge >= 0.3 is 0 Å². The summed E-state index contributed by atoms with van der Waals surface area (Å²) in [4.78, 5) is 0. The summed E-state index contributed by atoms with van der Waals surface area (Å²) in [7, 11) is 0. The molecule has 1 aliphatic rings. The van der Waals surface area contributed by atoms with E-state index < -0.39 is 6.10 Å². The maximum Gasteiger partial charge on any atom is 0.125 e. The van der Waals surface area contributed by atoms with Crippen molar-refractivity contribution >= 4 is 0 Å². The zero-order valence-corrected chi connectivity index (χ0v) is 12.1. The lowest BCUT2D eigenvalue weighted by Gasteiger charge is -2.22. The van der Waals surface area contributed by atoms with Crippen LogP contribution in [0.25, 0.3) is 0 Å². The van der Waals surface area contributed by atoms with Crippen LogP contribution in [0.5, 0.6) is 5.75 Å². The Morgan fingerprint density at radius 3 is 2.80 bits per heavy atom. The summed E-state index contributed by atoms with van der Waals surface area (Å²) >= 11 is 0. The van der Waals surface area contributed by atoms with E-state index >= 15 is 0 Å². The van der Waals surface area contributed by atoms with Gasteiger partial charge in [0.25, 0.3) is 0 Å². The van der Waals surface area contributed by atoms with Crippen molar-refractivity contribution in [2.45, 2.75) is 25.9 Å². The lowest BCUT2D eigenvalue weighted by atomic mass is 10.0. The van der Waals surface area contributed by atoms with Gasteiger partial charge in [-0.05, 0) is 31.7 Å². The second-order valence-electron chi connectivity index (χ2n) is 5.08. The number of benzene rings is 1. The molecule has 1 aliphatic heterocycles. The topological polar surface area (TPSA) is 47.9 Å². The molecule has 0 spiro atoms. The van der Waals surface area contributed by atoms with Crippen molar-refractivity contribution < 1.29 is 19.3 Å². The monoisotopic (exact) mass is 280 g/mol. The number of rotatable bonds is 7. The van der Waals surface area contributed by atoms with Crippen LogP contribution in [-0.4, -0.2) is 38.1 Å². The Morgan fingerprint density at radius 2 is 2.05 bits per heavy atom. The molecule has 1 aromatic carbocycles. The Labute approximate surface area is 120 Å². The van der Waals surface area contributed by atoms with Crippen molar-refractivity contribution in [3.63, 3.8) is 0 Å². The molecule has 1 aromatic rings. The molecule has 0 bridgehead atoms. The van der Waals surface area contributed by atoms with Crippen molar-refractivity contribution in [1.29, 1.82) is 0 Å². The number of ether oxygens (including phenoxy) is 3. The third kappa shape index (κ3) is 4.47. The highest BCUT2D eigenvalue weighted by molar-refractivity contribution is 5.35. The van der Waals surface area contributed by atoms with Gasteiger partial charge in [-0.25, -0.2) is 0 Å². The molecular weight excluding hydrogens is 256 g/mol. The molecule has 2 rings (SSSR count). The molecule has 4 heteroatoms. The second kappa shape index (κ2) is 8.25. The molecule has 0 aromatic heterocycles. The molecule has 1 heterocycles. The van der Waals surface area contributed by atoms with Crippen molar-refractivity contribution in [3.05, 3.63) is 29.8 Å². The Hall–Kier alpha value is -1.10. The first-order valence-corrected chi connectivity index (χ1v) is 7.36. The summed E-state index contributed by atoms with van der Waals surface area (Å²) in [5, 5.41) is 10.2. The molecule has 1 unspecified atom stereocenters. The van der Waals surface area contributed by atoms with Crippen LogP contribution in [-0.2, 0) is 9.47 Å². The number of aliphatic hydroxyl groups is 1. The van der Waals surface area contributed by atoms with Gasteiger partial charge in [0.15, 0.2) is 0 Å². The van der Waals surface area contributed by atoms with Gasteiger partial charge in [-0.3, -0.25) is 0 Å². The summed E-state index contributed by atoms with van der Waals surface area (Å²) in [6, 6.07) is 7.57. The predicted molar refractivity (Wildman–Crippen MR) is 76.9 cm³/mol. The first kappa shape index (κ1) is 15.3. The molecule has 112 valence electrons. The maximum absolute atomic E-state index is 10.2. The van der Waals surface area contributed by atoms with Crippen LogP contribution >= 0.6 is 0 Å². The van der Waals surface area contributed by atoms with Gasteiger partial charge in [-0.15, -0.1) is 0 Å². The summed E-state index contributed by atoms with van der Waals surface area (Å²) in [6.45, 7) is 5.17. The molecule has 0 saturated carbocycles. The van der Waals surface area contributed by atoms with Gasteiger partial charge in [0.2, 0.25) is 0 Å². The van der Waals surface area contributed by atoms with Gasteiger partial charge in [0, 0.05) is 25.4 Å². The van der Waals surface area contributed by atoms with Crippen LogP contribution in [0.15, 0.2) is 24.3 Å². The van der Waals surface area contributed by atoms with E-state index in [2.05, 4.69) is 0 Å². The minimum Gasteiger partial charge on any atom is -0.493 e. The Morgan fingerprint density at radius 1 is 1.30 bits per heavy atom. The van der Waals surface area contributed by atoms with E-state index in [1.807, 2.05) is 31.2 Å². The van der Waals surface area contributed by atoms with Crippen LogP contribution in [0.4, 0.5) is 0 Å². The highest BCUT2D eigenvalue weighted by Crippen LogP contribution is 2.25. The number of para-hydroxylation sites is 1. The smallest absolute Gasteiger partial charge is 0.125 e. The SMILES string of the molecule is CCOc1ccccc1C(O)COCC1CCOCC1. The van der Waals surface area contributed by atoms with Crippen LogP contribution in [0, 0.1) is 5.92 Å². The van der Waals surface area contributed by atoms with Crippen LogP contribution in [0.2, 0.25) is 0 Å². The maximum atomic E-state index is 10.2. The van der Waals surface area contributed by atoms with E-state index in [4.69, 9.17) is 14.2 Å². The molecule has 0 radical (unpaired) electrons. The highest BCUT2D eigenvalue weighted by atomic mass is 16.5. The van der Waals surface area contributed by atoms with E-state index in [1.165, 1.54) is 0 Å². The number of aliphatic hydroxyl groups excluding tert-OH is 1. The molecule has 1 fully saturated rings. The van der Waals surface area contributed by atoms with E-state index in [0.717, 1.165) is 37.4 Å². The largest absolute Gasteiger partial charge is 0.493 e. The molecular formula is C16H24O4. The average Bonchev–Trinajstić information content (AvgIpc) is 2.49. The predicted octanol–water partition coefficient (Wildman–Crippen LogP) is 2.56. The lowest BCUT2D eigenvalue weighted by Crippen LogP contribution is -2.21. The fourth-order valence-electron chi connectivity index (χ4n) is 2.39. The normalized spacial score (nSPS) is 17.9. The average molecular weight is 280 g/mol. The third-order valence-corrected chi connectivity index (χ3v) is 3.55. The standard InChI is InChI=1S/C16H24O4/c1-2-20-16-6-4-3-5-14(16)15(17)12-19-11-13-7-9-18-10-8-13/h3-6,13,15,17H,2,7-12H2,1H3. The van der Waals surface area contributed by atoms with Crippen molar-refractivity contribution in [3.8, 4) is 5.75 Å². The molecule has 4 nitrogen and oxygen atoms in total. The van der Waals surface area contributed by atoms with Gasteiger partial charge in [0.1, 0.15) is 11.9 Å². The van der Waals surface area contributed by atoms with E-state index in [1.54, 1.807) is 0 Å². The highest BCUT2D eigenvalue weighted by Gasteiger charge is 2.16. The van der Waals surface area contributed by atoms with Crippen LogP contribution in [0.1, 0.15) is 31.4 Å².